The summed E-state index contributed by atoms with van der Waals surface area (Å²) in [6.45, 7) is 4.99. The second-order valence-electron chi connectivity index (χ2n) is 3.35. The SMILES string of the molecule is CCOCCCC(=O)NC(CC)C(N)=NO. The summed E-state index contributed by atoms with van der Waals surface area (Å²) in [5.74, 6) is -0.0844. The van der Waals surface area contributed by atoms with Gasteiger partial charge in [-0.15, -0.1) is 0 Å². The van der Waals surface area contributed by atoms with Gasteiger partial charge in [-0.25, -0.2) is 0 Å². The first kappa shape index (κ1) is 14.7. The van der Waals surface area contributed by atoms with Crippen molar-refractivity contribution in [2.75, 3.05) is 13.2 Å². The van der Waals surface area contributed by atoms with Crippen molar-refractivity contribution >= 4 is 11.7 Å². The second kappa shape index (κ2) is 8.96. The van der Waals surface area contributed by atoms with E-state index >= 15 is 0 Å². The lowest BCUT2D eigenvalue weighted by molar-refractivity contribution is -0.121. The molecule has 16 heavy (non-hydrogen) atoms. The lowest BCUT2D eigenvalue weighted by Crippen LogP contribution is -2.44. The van der Waals surface area contributed by atoms with E-state index in [9.17, 15) is 4.79 Å². The van der Waals surface area contributed by atoms with Crippen LogP contribution in [0.15, 0.2) is 5.16 Å². The molecule has 6 heteroatoms. The third-order valence-corrected chi connectivity index (χ3v) is 2.11. The maximum Gasteiger partial charge on any atom is 0.220 e. The Morgan fingerprint density at radius 3 is 2.75 bits per heavy atom. The summed E-state index contributed by atoms with van der Waals surface area (Å²) in [7, 11) is 0. The Balaban J connectivity index is 3.84. The van der Waals surface area contributed by atoms with Crippen molar-refractivity contribution in [2.45, 2.75) is 39.2 Å². The summed E-state index contributed by atoms with van der Waals surface area (Å²) >= 11 is 0. The Morgan fingerprint density at radius 1 is 1.56 bits per heavy atom. The van der Waals surface area contributed by atoms with Gasteiger partial charge in [-0.3, -0.25) is 4.79 Å². The van der Waals surface area contributed by atoms with Crippen molar-refractivity contribution in [3.63, 3.8) is 0 Å². The molecule has 0 radical (unpaired) electrons. The number of ether oxygens (including phenoxy) is 1. The fourth-order valence-electron chi connectivity index (χ4n) is 1.20. The fraction of sp³-hybridized carbons (Fsp3) is 0.800. The average Bonchev–Trinajstić information content (AvgIpc) is 2.30. The van der Waals surface area contributed by atoms with Gasteiger partial charge in [0.25, 0.3) is 0 Å². The minimum absolute atomic E-state index is 0.0284. The highest BCUT2D eigenvalue weighted by molar-refractivity contribution is 5.89. The number of hydrogen-bond acceptors (Lipinski definition) is 4. The van der Waals surface area contributed by atoms with Gasteiger partial charge in [0, 0.05) is 19.6 Å². The number of amides is 1. The minimum atomic E-state index is -0.399. The van der Waals surface area contributed by atoms with Crippen molar-refractivity contribution in [2.24, 2.45) is 10.9 Å². The molecular weight excluding hydrogens is 210 g/mol. The van der Waals surface area contributed by atoms with Crippen molar-refractivity contribution in [3.8, 4) is 0 Å². The van der Waals surface area contributed by atoms with E-state index in [1.807, 2.05) is 13.8 Å². The van der Waals surface area contributed by atoms with Crippen molar-refractivity contribution in [3.05, 3.63) is 0 Å². The van der Waals surface area contributed by atoms with Crippen molar-refractivity contribution in [1.29, 1.82) is 0 Å². The van der Waals surface area contributed by atoms with Crippen LogP contribution >= 0.6 is 0 Å². The molecule has 0 heterocycles. The summed E-state index contributed by atoms with van der Waals surface area (Å²) in [6, 6.07) is -0.399. The molecule has 0 aliphatic carbocycles. The first-order valence-electron chi connectivity index (χ1n) is 5.50. The van der Waals surface area contributed by atoms with E-state index in [4.69, 9.17) is 15.7 Å². The number of hydrogen-bond donors (Lipinski definition) is 3. The molecule has 0 saturated heterocycles. The molecule has 0 spiro atoms. The van der Waals surface area contributed by atoms with Crippen LogP contribution in [0.3, 0.4) is 0 Å². The van der Waals surface area contributed by atoms with E-state index < -0.39 is 6.04 Å². The summed E-state index contributed by atoms with van der Waals surface area (Å²) in [5, 5.41) is 14.0. The first-order valence-corrected chi connectivity index (χ1v) is 5.50. The predicted octanol–water partition coefficient (Wildman–Crippen LogP) is 0.444. The molecule has 1 atom stereocenters. The molecule has 0 aliphatic heterocycles. The molecule has 1 unspecified atom stereocenters. The maximum absolute atomic E-state index is 11.4. The third kappa shape index (κ3) is 6.23. The molecule has 0 aliphatic rings. The number of oxime groups is 1. The Hall–Kier alpha value is -1.30. The molecule has 0 aromatic rings. The van der Waals surface area contributed by atoms with E-state index in [1.165, 1.54) is 0 Å². The van der Waals surface area contributed by atoms with Crippen LogP contribution in [-0.2, 0) is 9.53 Å². The smallest absolute Gasteiger partial charge is 0.220 e. The molecule has 0 fully saturated rings. The summed E-state index contributed by atoms with van der Waals surface area (Å²) in [4.78, 5) is 11.4. The highest BCUT2D eigenvalue weighted by atomic mass is 16.5. The molecule has 0 saturated carbocycles. The molecule has 0 aromatic heterocycles. The average molecular weight is 231 g/mol. The number of carbonyl (C=O) groups is 1. The summed E-state index contributed by atoms with van der Waals surface area (Å²) in [5.41, 5.74) is 5.41. The monoisotopic (exact) mass is 231 g/mol. The zero-order chi connectivity index (χ0) is 12.4. The highest BCUT2D eigenvalue weighted by Gasteiger charge is 2.14. The topological polar surface area (TPSA) is 96.9 Å². The predicted molar refractivity (Wildman–Crippen MR) is 61.4 cm³/mol. The van der Waals surface area contributed by atoms with E-state index in [0.29, 0.717) is 32.5 Å². The summed E-state index contributed by atoms with van der Waals surface area (Å²) < 4.78 is 5.12. The number of rotatable bonds is 8. The van der Waals surface area contributed by atoms with Gasteiger partial charge < -0.3 is 21.0 Å². The normalized spacial score (nSPS) is 13.5. The zero-order valence-electron chi connectivity index (χ0n) is 9.90. The van der Waals surface area contributed by atoms with Crippen LogP contribution in [-0.4, -0.2) is 36.2 Å². The number of nitrogens with one attached hydrogen (secondary N) is 1. The zero-order valence-corrected chi connectivity index (χ0v) is 9.90. The molecule has 94 valence electrons. The molecule has 4 N–H and O–H groups in total. The van der Waals surface area contributed by atoms with Gasteiger partial charge in [-0.1, -0.05) is 12.1 Å². The number of nitrogens with two attached hydrogens (primary N) is 1. The minimum Gasteiger partial charge on any atom is -0.409 e. The largest absolute Gasteiger partial charge is 0.409 e. The van der Waals surface area contributed by atoms with E-state index in [2.05, 4.69) is 10.5 Å². The van der Waals surface area contributed by atoms with Gasteiger partial charge in [0.2, 0.25) is 5.91 Å². The van der Waals surface area contributed by atoms with Gasteiger partial charge in [-0.2, -0.15) is 0 Å². The van der Waals surface area contributed by atoms with Crippen molar-refractivity contribution in [1.82, 2.24) is 5.32 Å². The molecule has 0 bridgehead atoms. The standard InChI is InChI=1S/C10H21N3O3/c1-3-8(10(11)13-15)12-9(14)6-5-7-16-4-2/h8,15H,3-7H2,1-2H3,(H2,11,13)(H,12,14). The Bertz CT molecular complexity index is 231. The van der Waals surface area contributed by atoms with Crippen LogP contribution < -0.4 is 11.1 Å². The maximum atomic E-state index is 11.4. The Labute approximate surface area is 95.8 Å². The van der Waals surface area contributed by atoms with Gasteiger partial charge in [-0.05, 0) is 19.8 Å². The van der Waals surface area contributed by atoms with Crippen LogP contribution in [0.25, 0.3) is 0 Å². The lowest BCUT2D eigenvalue weighted by Gasteiger charge is -2.15. The number of nitrogens with zero attached hydrogens (tertiary/aromatic N) is 1. The van der Waals surface area contributed by atoms with Crippen LogP contribution in [0.5, 0.6) is 0 Å². The quantitative estimate of drug-likeness (QED) is 0.186. The lowest BCUT2D eigenvalue weighted by atomic mass is 10.2. The van der Waals surface area contributed by atoms with E-state index in [0.717, 1.165) is 0 Å². The molecular formula is C10H21N3O3. The van der Waals surface area contributed by atoms with Crippen LogP contribution in [0, 0.1) is 0 Å². The molecule has 6 nitrogen and oxygen atoms in total. The van der Waals surface area contributed by atoms with Crippen molar-refractivity contribution < 1.29 is 14.7 Å². The van der Waals surface area contributed by atoms with Crippen LogP contribution in [0.2, 0.25) is 0 Å². The summed E-state index contributed by atoms with van der Waals surface area (Å²) in [6.07, 6.45) is 1.65. The van der Waals surface area contributed by atoms with Crippen LogP contribution in [0.4, 0.5) is 0 Å². The Kier molecular flexibility index (Phi) is 8.24. The first-order chi connectivity index (χ1) is 7.65. The van der Waals surface area contributed by atoms with Gasteiger partial charge in [0.1, 0.15) is 0 Å². The fourth-order valence-corrected chi connectivity index (χ4v) is 1.20. The second-order valence-corrected chi connectivity index (χ2v) is 3.35. The van der Waals surface area contributed by atoms with Gasteiger partial charge in [0.15, 0.2) is 5.84 Å². The van der Waals surface area contributed by atoms with E-state index in [-0.39, 0.29) is 11.7 Å². The van der Waals surface area contributed by atoms with Gasteiger partial charge >= 0.3 is 0 Å². The molecule has 0 aromatic carbocycles. The van der Waals surface area contributed by atoms with Crippen LogP contribution in [0.1, 0.15) is 33.1 Å². The highest BCUT2D eigenvalue weighted by Crippen LogP contribution is 1.95. The van der Waals surface area contributed by atoms with E-state index in [1.54, 1.807) is 0 Å². The van der Waals surface area contributed by atoms with Gasteiger partial charge in [0.05, 0.1) is 6.04 Å². The number of carbonyl (C=O) groups excluding carboxylic acids is 1. The third-order valence-electron chi connectivity index (χ3n) is 2.11. The Morgan fingerprint density at radius 2 is 2.25 bits per heavy atom. The number of amidine groups is 1. The molecule has 0 rings (SSSR count). The molecule has 1 amide bonds.